The van der Waals surface area contributed by atoms with Crippen LogP contribution in [0.15, 0.2) is 53.1 Å². The van der Waals surface area contributed by atoms with Crippen molar-refractivity contribution >= 4 is 34.1 Å². The van der Waals surface area contributed by atoms with Gasteiger partial charge in [-0.2, -0.15) is 0 Å². The molecule has 0 bridgehead atoms. The second-order valence-electron chi connectivity index (χ2n) is 6.33. The Morgan fingerprint density at radius 2 is 1.86 bits per heavy atom. The molecule has 2 N–H and O–H groups in total. The lowest BCUT2D eigenvalue weighted by molar-refractivity contribution is -0.124. The minimum Gasteiger partial charge on any atom is -0.459 e. The van der Waals surface area contributed by atoms with Crippen molar-refractivity contribution in [2.75, 3.05) is 11.9 Å². The number of rotatable bonds is 7. The van der Waals surface area contributed by atoms with E-state index >= 15 is 0 Å². The Morgan fingerprint density at radius 3 is 2.59 bits per heavy atom. The monoisotopic (exact) mass is 412 g/mol. The van der Waals surface area contributed by atoms with E-state index in [9.17, 15) is 14.4 Å². The highest BCUT2D eigenvalue weighted by atomic mass is 32.1. The maximum Gasteiger partial charge on any atom is 0.349 e. The molecule has 7 nitrogen and oxygen atoms in total. The molecule has 2 amide bonds. The van der Waals surface area contributed by atoms with Crippen LogP contribution in [0.25, 0.3) is 0 Å². The first-order valence-corrected chi connectivity index (χ1v) is 9.69. The quantitative estimate of drug-likeness (QED) is 0.577. The zero-order valence-corrected chi connectivity index (χ0v) is 16.8. The summed E-state index contributed by atoms with van der Waals surface area (Å²) in [5.74, 6) is -1.24. The average molecular weight is 412 g/mol. The summed E-state index contributed by atoms with van der Waals surface area (Å²) in [6.07, 6.45) is 1.40. The molecule has 3 rings (SSSR count). The average Bonchev–Trinajstić information content (AvgIpc) is 3.35. The molecular weight excluding hydrogens is 392 g/mol. The summed E-state index contributed by atoms with van der Waals surface area (Å²) in [7, 11) is 0. The van der Waals surface area contributed by atoms with Gasteiger partial charge in [-0.1, -0.05) is 24.3 Å². The fourth-order valence-electron chi connectivity index (χ4n) is 2.58. The Balaban J connectivity index is 1.51. The molecule has 29 heavy (non-hydrogen) atoms. The van der Waals surface area contributed by atoms with Crippen molar-refractivity contribution in [1.29, 1.82) is 0 Å². The van der Waals surface area contributed by atoms with E-state index in [0.29, 0.717) is 22.0 Å². The third-order valence-corrected chi connectivity index (χ3v) is 5.29. The molecule has 0 unspecified atom stereocenters. The first-order chi connectivity index (χ1) is 13.9. The largest absolute Gasteiger partial charge is 0.459 e. The molecule has 0 aliphatic rings. The van der Waals surface area contributed by atoms with E-state index in [1.807, 2.05) is 31.2 Å². The lowest BCUT2D eigenvalue weighted by Crippen LogP contribution is -2.28. The van der Waals surface area contributed by atoms with Crippen LogP contribution in [0.5, 0.6) is 0 Å². The number of nitrogens with one attached hydrogen (secondary N) is 2. The van der Waals surface area contributed by atoms with Crippen molar-refractivity contribution in [2.24, 2.45) is 0 Å². The van der Waals surface area contributed by atoms with Crippen LogP contribution in [0.1, 0.15) is 36.9 Å². The summed E-state index contributed by atoms with van der Waals surface area (Å²) < 4.78 is 10.1. The lowest BCUT2D eigenvalue weighted by Gasteiger charge is -2.08. The minimum atomic E-state index is -0.614. The van der Waals surface area contributed by atoms with E-state index in [1.165, 1.54) is 6.26 Å². The van der Waals surface area contributed by atoms with Crippen LogP contribution in [-0.4, -0.2) is 24.4 Å². The predicted molar refractivity (Wildman–Crippen MR) is 109 cm³/mol. The van der Waals surface area contributed by atoms with Crippen molar-refractivity contribution in [1.82, 2.24) is 5.32 Å². The first-order valence-electron chi connectivity index (χ1n) is 8.87. The molecule has 0 atom stereocenters. The number of ether oxygens (including phenoxy) is 1. The number of carbonyl (C=O) groups excluding carboxylic acids is 3. The number of anilines is 1. The van der Waals surface area contributed by atoms with Gasteiger partial charge in [0.2, 0.25) is 0 Å². The van der Waals surface area contributed by atoms with E-state index in [2.05, 4.69) is 10.6 Å². The van der Waals surface area contributed by atoms with Gasteiger partial charge in [0.25, 0.3) is 11.8 Å². The molecule has 0 fully saturated rings. The summed E-state index contributed by atoms with van der Waals surface area (Å²) in [4.78, 5) is 36.6. The Kier molecular flexibility index (Phi) is 6.46. The van der Waals surface area contributed by atoms with Gasteiger partial charge < -0.3 is 19.8 Å². The van der Waals surface area contributed by atoms with Gasteiger partial charge in [-0.25, -0.2) is 4.79 Å². The van der Waals surface area contributed by atoms with Crippen LogP contribution in [-0.2, 0) is 16.1 Å². The number of aryl methyl sites for hydroxylation is 2. The van der Waals surface area contributed by atoms with E-state index in [-0.39, 0.29) is 18.3 Å². The molecule has 0 saturated heterocycles. The van der Waals surface area contributed by atoms with Crippen molar-refractivity contribution < 1.29 is 23.5 Å². The molecule has 2 heterocycles. The highest BCUT2D eigenvalue weighted by Crippen LogP contribution is 2.27. The van der Waals surface area contributed by atoms with Gasteiger partial charge in [0, 0.05) is 6.54 Å². The zero-order chi connectivity index (χ0) is 20.8. The number of carbonyl (C=O) groups is 3. The standard InChI is InChI=1S/C21H20N2O5S/c1-13-6-3-4-7-15(13)11-22-17(24)12-28-21(26)19-14(2)10-18(29-19)23-20(25)16-8-5-9-27-16/h3-10H,11-12H2,1-2H3,(H,22,24)(H,23,25). The number of thiophene rings is 1. The van der Waals surface area contributed by atoms with Crippen LogP contribution < -0.4 is 10.6 Å². The lowest BCUT2D eigenvalue weighted by atomic mass is 10.1. The summed E-state index contributed by atoms with van der Waals surface area (Å²) in [5.41, 5.74) is 2.72. The van der Waals surface area contributed by atoms with Crippen LogP contribution in [0, 0.1) is 13.8 Å². The maximum absolute atomic E-state index is 12.3. The summed E-state index contributed by atoms with van der Waals surface area (Å²) in [6.45, 7) is 3.68. The Hall–Kier alpha value is -3.39. The van der Waals surface area contributed by atoms with Gasteiger partial charge in [0.1, 0.15) is 4.88 Å². The Labute approximate surface area is 171 Å². The molecule has 2 aromatic heterocycles. The van der Waals surface area contributed by atoms with Gasteiger partial charge in [0.05, 0.1) is 11.3 Å². The molecule has 3 aromatic rings. The number of amides is 2. The first kappa shape index (κ1) is 20.3. The molecule has 0 radical (unpaired) electrons. The number of hydrogen-bond acceptors (Lipinski definition) is 6. The minimum absolute atomic E-state index is 0.172. The van der Waals surface area contributed by atoms with Crippen molar-refractivity contribution in [3.63, 3.8) is 0 Å². The highest BCUT2D eigenvalue weighted by molar-refractivity contribution is 7.18. The summed E-state index contributed by atoms with van der Waals surface area (Å²) in [6, 6.07) is 12.5. The van der Waals surface area contributed by atoms with Crippen molar-refractivity contribution in [2.45, 2.75) is 20.4 Å². The van der Waals surface area contributed by atoms with E-state index in [0.717, 1.165) is 22.5 Å². The van der Waals surface area contributed by atoms with Crippen molar-refractivity contribution in [3.05, 3.63) is 76.1 Å². The van der Waals surface area contributed by atoms with Gasteiger partial charge in [-0.15, -0.1) is 11.3 Å². The number of esters is 1. The van der Waals surface area contributed by atoms with Crippen molar-refractivity contribution in [3.8, 4) is 0 Å². The Bertz CT molecular complexity index is 1020. The molecule has 0 saturated carbocycles. The Morgan fingerprint density at radius 1 is 1.07 bits per heavy atom. The van der Waals surface area contributed by atoms with Gasteiger partial charge in [-0.05, 0) is 48.7 Å². The van der Waals surface area contributed by atoms with Crippen LogP contribution in [0.2, 0.25) is 0 Å². The smallest absolute Gasteiger partial charge is 0.349 e. The number of benzene rings is 1. The third-order valence-electron chi connectivity index (χ3n) is 4.16. The second-order valence-corrected chi connectivity index (χ2v) is 7.39. The fraction of sp³-hybridized carbons (Fsp3) is 0.190. The highest BCUT2D eigenvalue weighted by Gasteiger charge is 2.18. The third kappa shape index (κ3) is 5.32. The van der Waals surface area contributed by atoms with E-state index in [4.69, 9.17) is 9.15 Å². The summed E-state index contributed by atoms with van der Waals surface area (Å²) >= 11 is 1.08. The van der Waals surface area contributed by atoms with Crippen LogP contribution in [0.3, 0.4) is 0 Å². The van der Waals surface area contributed by atoms with Crippen LogP contribution in [0.4, 0.5) is 5.00 Å². The predicted octanol–water partition coefficient (Wildman–Crippen LogP) is 3.68. The molecule has 1 aromatic carbocycles. The van der Waals surface area contributed by atoms with Crippen LogP contribution >= 0.6 is 11.3 Å². The van der Waals surface area contributed by atoms with Gasteiger partial charge >= 0.3 is 5.97 Å². The topological polar surface area (TPSA) is 97.6 Å². The second kappa shape index (κ2) is 9.20. The fourth-order valence-corrected chi connectivity index (χ4v) is 3.54. The molecule has 8 heteroatoms. The number of hydrogen-bond donors (Lipinski definition) is 2. The summed E-state index contributed by atoms with van der Waals surface area (Å²) in [5, 5.41) is 5.88. The van der Waals surface area contributed by atoms with E-state index in [1.54, 1.807) is 25.1 Å². The molecular formula is C21H20N2O5S. The molecule has 150 valence electrons. The van der Waals surface area contributed by atoms with E-state index < -0.39 is 11.9 Å². The number of furan rings is 1. The normalized spacial score (nSPS) is 10.4. The molecule has 0 aliphatic carbocycles. The zero-order valence-electron chi connectivity index (χ0n) is 16.0. The van der Waals surface area contributed by atoms with Gasteiger partial charge in [0.15, 0.2) is 12.4 Å². The van der Waals surface area contributed by atoms with Gasteiger partial charge in [-0.3, -0.25) is 9.59 Å². The maximum atomic E-state index is 12.3. The SMILES string of the molecule is Cc1ccccc1CNC(=O)COC(=O)c1sc(NC(=O)c2ccco2)cc1C. The molecule has 0 aliphatic heterocycles. The molecule has 0 spiro atoms.